The van der Waals surface area contributed by atoms with Gasteiger partial charge in [-0.15, -0.1) is 0 Å². The van der Waals surface area contributed by atoms with Crippen LogP contribution in [0.3, 0.4) is 0 Å². The minimum Gasteiger partial charge on any atom is -0.497 e. The monoisotopic (exact) mass is 473 g/mol. The Balaban J connectivity index is 1.57. The molecule has 0 saturated heterocycles. The summed E-state index contributed by atoms with van der Waals surface area (Å²) in [6.45, 7) is 0.422. The molecule has 0 bridgehead atoms. The van der Waals surface area contributed by atoms with E-state index in [1.54, 1.807) is 48.4 Å². The molecule has 0 fully saturated rings. The molecule has 2 amide bonds. The van der Waals surface area contributed by atoms with Crippen molar-refractivity contribution in [3.05, 3.63) is 94.9 Å². The Kier molecular flexibility index (Phi) is 5.86. The molecule has 7 nitrogen and oxygen atoms in total. The summed E-state index contributed by atoms with van der Waals surface area (Å²) in [6.07, 6.45) is 0.617. The number of urea groups is 1. The molecule has 5 rings (SSSR count). The van der Waals surface area contributed by atoms with Crippen molar-refractivity contribution in [1.82, 2.24) is 9.88 Å². The van der Waals surface area contributed by atoms with Crippen LogP contribution in [0.15, 0.2) is 66.7 Å². The molecule has 1 aliphatic heterocycles. The molecule has 8 heteroatoms. The molecule has 2 N–H and O–H groups in total. The first-order chi connectivity index (χ1) is 17.0. The summed E-state index contributed by atoms with van der Waals surface area (Å²) in [4.78, 5) is 30.9. The lowest BCUT2D eigenvalue weighted by molar-refractivity contribution is 0.0602. The maximum absolute atomic E-state index is 13.7. The fourth-order valence-electron chi connectivity index (χ4n) is 4.67. The molecule has 178 valence electrons. The van der Waals surface area contributed by atoms with Crippen LogP contribution in [0.1, 0.15) is 33.2 Å². The minimum absolute atomic E-state index is 0.261. The molecule has 35 heavy (non-hydrogen) atoms. The number of aromatic amines is 1. The van der Waals surface area contributed by atoms with E-state index in [1.165, 1.54) is 19.2 Å². The standard InChI is InChI=1S/C27H24FN3O4/c1-34-18-11-12-23-21(15-18)19-13-14-31(25(24(19)29-23)16-7-9-17(28)10-8-16)27(33)30-22-6-4-3-5-20(22)26(32)35-2/h3-12,15,25,29H,13-14H2,1-2H3,(H,30,33)/t25-/m0/s1. The highest BCUT2D eigenvalue weighted by Gasteiger charge is 2.35. The van der Waals surface area contributed by atoms with Crippen molar-refractivity contribution in [1.29, 1.82) is 0 Å². The first-order valence-electron chi connectivity index (χ1n) is 11.2. The summed E-state index contributed by atoms with van der Waals surface area (Å²) in [5.41, 5.74) is 4.27. The van der Waals surface area contributed by atoms with Crippen molar-refractivity contribution in [3.8, 4) is 5.75 Å². The predicted octanol–water partition coefficient (Wildman–Crippen LogP) is 5.28. The second kappa shape index (κ2) is 9.13. The van der Waals surface area contributed by atoms with Crippen molar-refractivity contribution < 1.29 is 23.5 Å². The number of rotatable bonds is 4. The number of aromatic nitrogens is 1. The number of fused-ring (bicyclic) bond motifs is 3. The number of carbonyl (C=O) groups excluding carboxylic acids is 2. The second-order valence-electron chi connectivity index (χ2n) is 8.29. The Bertz CT molecular complexity index is 1410. The van der Waals surface area contributed by atoms with Gasteiger partial charge in [-0.3, -0.25) is 0 Å². The lowest BCUT2D eigenvalue weighted by atomic mass is 9.92. The zero-order valence-corrected chi connectivity index (χ0v) is 19.3. The van der Waals surface area contributed by atoms with Crippen molar-refractivity contribution in [2.45, 2.75) is 12.5 Å². The quantitative estimate of drug-likeness (QED) is 0.395. The first-order valence-corrected chi connectivity index (χ1v) is 11.2. The van der Waals surface area contributed by atoms with Gasteiger partial charge < -0.3 is 24.7 Å². The normalized spacial score (nSPS) is 14.9. The zero-order chi connectivity index (χ0) is 24.5. The summed E-state index contributed by atoms with van der Waals surface area (Å²) in [7, 11) is 2.92. The van der Waals surface area contributed by atoms with Gasteiger partial charge in [0.05, 0.1) is 31.5 Å². The predicted molar refractivity (Wildman–Crippen MR) is 130 cm³/mol. The molecule has 3 aromatic carbocycles. The molecule has 4 aromatic rings. The lowest BCUT2D eigenvalue weighted by Gasteiger charge is -2.36. The fraction of sp³-hybridized carbons (Fsp3) is 0.185. The van der Waals surface area contributed by atoms with Crippen LogP contribution in [0.25, 0.3) is 10.9 Å². The van der Waals surface area contributed by atoms with Crippen LogP contribution in [0.2, 0.25) is 0 Å². The number of ether oxygens (including phenoxy) is 2. The number of anilines is 1. The van der Waals surface area contributed by atoms with Gasteiger partial charge in [-0.1, -0.05) is 24.3 Å². The Hall–Kier alpha value is -4.33. The van der Waals surface area contributed by atoms with Crippen molar-refractivity contribution >= 4 is 28.6 Å². The van der Waals surface area contributed by atoms with Crippen LogP contribution in [0, 0.1) is 5.82 Å². The molecule has 0 aliphatic carbocycles. The van der Waals surface area contributed by atoms with Gasteiger partial charge in [0.1, 0.15) is 11.6 Å². The number of hydrogen-bond donors (Lipinski definition) is 2. The van der Waals surface area contributed by atoms with Crippen LogP contribution in [0.4, 0.5) is 14.9 Å². The molecule has 1 atom stereocenters. The van der Waals surface area contributed by atoms with Crippen LogP contribution < -0.4 is 10.1 Å². The van der Waals surface area contributed by atoms with Gasteiger partial charge >= 0.3 is 12.0 Å². The number of nitrogens with one attached hydrogen (secondary N) is 2. The average molecular weight is 474 g/mol. The van der Waals surface area contributed by atoms with E-state index >= 15 is 0 Å². The second-order valence-corrected chi connectivity index (χ2v) is 8.29. The molecule has 1 aromatic heterocycles. The average Bonchev–Trinajstić information content (AvgIpc) is 3.26. The summed E-state index contributed by atoms with van der Waals surface area (Å²) in [5, 5.41) is 3.90. The third kappa shape index (κ3) is 4.07. The number of amides is 2. The maximum Gasteiger partial charge on any atom is 0.339 e. The van der Waals surface area contributed by atoms with Gasteiger partial charge in [-0.05, 0) is 60.0 Å². The van der Waals surface area contributed by atoms with Crippen LogP contribution in [-0.4, -0.2) is 42.6 Å². The highest BCUT2D eigenvalue weighted by atomic mass is 19.1. The molecule has 0 saturated carbocycles. The number of esters is 1. The number of H-pyrrole nitrogens is 1. The molecule has 1 aliphatic rings. The molecule has 0 unspecified atom stereocenters. The van der Waals surface area contributed by atoms with E-state index < -0.39 is 12.0 Å². The zero-order valence-electron chi connectivity index (χ0n) is 19.3. The van der Waals surface area contributed by atoms with E-state index in [0.717, 1.165) is 33.5 Å². The molecule has 0 spiro atoms. The molecular weight excluding hydrogens is 449 g/mol. The highest BCUT2D eigenvalue weighted by Crippen LogP contribution is 2.39. The third-order valence-electron chi connectivity index (χ3n) is 6.35. The summed E-state index contributed by atoms with van der Waals surface area (Å²) in [6, 6.07) is 17.8. The van der Waals surface area contributed by atoms with Crippen LogP contribution >= 0.6 is 0 Å². The van der Waals surface area contributed by atoms with Gasteiger partial charge in [0, 0.05) is 23.1 Å². The van der Waals surface area contributed by atoms with E-state index in [4.69, 9.17) is 9.47 Å². The number of benzene rings is 3. The Morgan fingerprint density at radius 3 is 2.57 bits per heavy atom. The number of methoxy groups -OCH3 is 2. The van der Waals surface area contributed by atoms with E-state index in [1.807, 2.05) is 18.2 Å². The fourth-order valence-corrected chi connectivity index (χ4v) is 4.67. The maximum atomic E-state index is 13.7. The number of carbonyl (C=O) groups is 2. The summed E-state index contributed by atoms with van der Waals surface area (Å²) >= 11 is 0. The van der Waals surface area contributed by atoms with Crippen LogP contribution in [-0.2, 0) is 11.2 Å². The van der Waals surface area contributed by atoms with Gasteiger partial charge in [0.15, 0.2) is 0 Å². The third-order valence-corrected chi connectivity index (χ3v) is 6.35. The van der Waals surface area contributed by atoms with E-state index in [0.29, 0.717) is 18.7 Å². The number of para-hydroxylation sites is 1. The van der Waals surface area contributed by atoms with Crippen molar-refractivity contribution in [2.75, 3.05) is 26.1 Å². The van der Waals surface area contributed by atoms with E-state index in [-0.39, 0.29) is 17.4 Å². The smallest absolute Gasteiger partial charge is 0.339 e. The Labute approximate surface area is 201 Å². The summed E-state index contributed by atoms with van der Waals surface area (Å²) < 4.78 is 24.0. The van der Waals surface area contributed by atoms with E-state index in [2.05, 4.69) is 10.3 Å². The van der Waals surface area contributed by atoms with Gasteiger partial charge in [-0.2, -0.15) is 0 Å². The topological polar surface area (TPSA) is 83.7 Å². The van der Waals surface area contributed by atoms with Crippen molar-refractivity contribution in [2.24, 2.45) is 0 Å². The number of halogens is 1. The lowest BCUT2D eigenvalue weighted by Crippen LogP contribution is -2.43. The number of nitrogens with zero attached hydrogens (tertiary/aromatic N) is 1. The minimum atomic E-state index is -0.540. The van der Waals surface area contributed by atoms with Crippen molar-refractivity contribution in [3.63, 3.8) is 0 Å². The Morgan fingerprint density at radius 2 is 1.83 bits per heavy atom. The molecular formula is C27H24FN3O4. The van der Waals surface area contributed by atoms with Gasteiger partial charge in [0.25, 0.3) is 0 Å². The highest BCUT2D eigenvalue weighted by molar-refractivity contribution is 6.01. The van der Waals surface area contributed by atoms with Gasteiger partial charge in [-0.25, -0.2) is 14.0 Å². The van der Waals surface area contributed by atoms with Gasteiger partial charge in [0.2, 0.25) is 0 Å². The van der Waals surface area contributed by atoms with E-state index in [9.17, 15) is 14.0 Å². The first kappa shape index (κ1) is 22.5. The SMILES string of the molecule is COC(=O)c1ccccc1NC(=O)N1CCc2c([nH]c3ccc(OC)cc23)[C@@H]1c1ccc(F)cc1. The largest absolute Gasteiger partial charge is 0.497 e. The molecule has 0 radical (unpaired) electrons. The molecule has 2 heterocycles. The summed E-state index contributed by atoms with van der Waals surface area (Å²) in [5.74, 6) is -0.145. The Morgan fingerprint density at radius 1 is 1.06 bits per heavy atom. The van der Waals surface area contributed by atoms with Crippen LogP contribution in [0.5, 0.6) is 5.75 Å². The number of hydrogen-bond acceptors (Lipinski definition) is 4.